The maximum Gasteiger partial charge on any atom is 0.253 e. The third kappa shape index (κ3) is 2.82. The molecule has 4 heteroatoms. The van der Waals surface area contributed by atoms with E-state index in [1.165, 1.54) is 0 Å². The van der Waals surface area contributed by atoms with Gasteiger partial charge in [0.15, 0.2) is 0 Å². The van der Waals surface area contributed by atoms with Gasteiger partial charge in [-0.25, -0.2) is 0 Å². The van der Waals surface area contributed by atoms with Crippen molar-refractivity contribution in [2.75, 3.05) is 45.3 Å². The van der Waals surface area contributed by atoms with Crippen LogP contribution in [-0.2, 0) is 4.74 Å². The van der Waals surface area contributed by atoms with E-state index >= 15 is 0 Å². The average Bonchev–Trinajstić information content (AvgIpc) is 2.38. The summed E-state index contributed by atoms with van der Waals surface area (Å²) in [6, 6.07) is 6.03. The summed E-state index contributed by atoms with van der Waals surface area (Å²) in [4.78, 5) is 15.9. The van der Waals surface area contributed by atoms with E-state index in [2.05, 4.69) is 11.0 Å². The molecule has 0 radical (unpaired) electrons. The summed E-state index contributed by atoms with van der Waals surface area (Å²) in [6.07, 6.45) is 0. The van der Waals surface area contributed by atoms with E-state index in [-0.39, 0.29) is 5.91 Å². The maximum absolute atomic E-state index is 12.0. The molecule has 18 heavy (non-hydrogen) atoms. The zero-order chi connectivity index (χ0) is 13.1. The number of hydrogen-bond acceptors (Lipinski definition) is 3. The van der Waals surface area contributed by atoms with E-state index in [1.807, 2.05) is 19.1 Å². The Balaban J connectivity index is 2.28. The number of carbonyl (C=O) groups is 1. The minimum atomic E-state index is 0.0493. The van der Waals surface area contributed by atoms with Gasteiger partial charge >= 0.3 is 0 Å². The maximum atomic E-state index is 12.0. The minimum absolute atomic E-state index is 0.0493. The van der Waals surface area contributed by atoms with Crippen molar-refractivity contribution in [3.63, 3.8) is 0 Å². The second kappa shape index (κ2) is 5.40. The van der Waals surface area contributed by atoms with Crippen LogP contribution in [0.15, 0.2) is 18.2 Å². The van der Waals surface area contributed by atoms with Crippen LogP contribution in [0.1, 0.15) is 15.9 Å². The molecule has 0 spiro atoms. The zero-order valence-corrected chi connectivity index (χ0v) is 11.3. The predicted molar refractivity (Wildman–Crippen MR) is 72.2 cm³/mol. The van der Waals surface area contributed by atoms with Gasteiger partial charge in [-0.1, -0.05) is 0 Å². The van der Waals surface area contributed by atoms with Crippen LogP contribution >= 0.6 is 0 Å². The molecule has 1 amide bonds. The Morgan fingerprint density at radius 2 is 1.89 bits per heavy atom. The lowest BCUT2D eigenvalue weighted by Gasteiger charge is -2.29. The zero-order valence-electron chi connectivity index (χ0n) is 11.3. The number of anilines is 1. The van der Waals surface area contributed by atoms with Crippen molar-refractivity contribution in [1.82, 2.24) is 4.90 Å². The van der Waals surface area contributed by atoms with Crippen molar-refractivity contribution < 1.29 is 9.53 Å². The molecular weight excluding hydrogens is 228 g/mol. The highest BCUT2D eigenvalue weighted by molar-refractivity contribution is 5.95. The molecule has 0 saturated carbocycles. The van der Waals surface area contributed by atoms with Crippen LogP contribution in [0.25, 0.3) is 0 Å². The molecule has 0 unspecified atom stereocenters. The third-order valence-electron chi connectivity index (χ3n) is 3.09. The van der Waals surface area contributed by atoms with Crippen molar-refractivity contribution in [1.29, 1.82) is 0 Å². The van der Waals surface area contributed by atoms with E-state index in [0.717, 1.165) is 43.1 Å². The number of ether oxygens (including phenoxy) is 1. The van der Waals surface area contributed by atoms with Crippen LogP contribution in [0, 0.1) is 6.92 Å². The number of aryl methyl sites for hydroxylation is 1. The first-order chi connectivity index (χ1) is 8.58. The monoisotopic (exact) mass is 248 g/mol. The fourth-order valence-electron chi connectivity index (χ4n) is 2.15. The van der Waals surface area contributed by atoms with Gasteiger partial charge in [-0.05, 0) is 30.7 Å². The SMILES string of the molecule is Cc1cc(C(=O)N(C)C)cc(N2CCOCC2)c1. The molecule has 1 aliphatic heterocycles. The van der Waals surface area contributed by atoms with E-state index in [0.29, 0.717) is 0 Å². The van der Waals surface area contributed by atoms with Gasteiger partial charge in [0, 0.05) is 38.4 Å². The summed E-state index contributed by atoms with van der Waals surface area (Å²) < 4.78 is 5.35. The third-order valence-corrected chi connectivity index (χ3v) is 3.09. The minimum Gasteiger partial charge on any atom is -0.378 e. The van der Waals surface area contributed by atoms with Crippen LogP contribution < -0.4 is 4.90 Å². The van der Waals surface area contributed by atoms with Crippen molar-refractivity contribution in [3.05, 3.63) is 29.3 Å². The normalized spacial score (nSPS) is 15.6. The van der Waals surface area contributed by atoms with E-state index in [4.69, 9.17) is 4.74 Å². The summed E-state index contributed by atoms with van der Waals surface area (Å²) >= 11 is 0. The van der Waals surface area contributed by atoms with Crippen molar-refractivity contribution in [3.8, 4) is 0 Å². The fourth-order valence-corrected chi connectivity index (χ4v) is 2.15. The second-order valence-electron chi connectivity index (χ2n) is 4.86. The molecule has 1 fully saturated rings. The lowest BCUT2D eigenvalue weighted by Crippen LogP contribution is -2.36. The van der Waals surface area contributed by atoms with Crippen LogP contribution in [0.2, 0.25) is 0 Å². The first-order valence-electron chi connectivity index (χ1n) is 6.24. The largest absolute Gasteiger partial charge is 0.378 e. The smallest absolute Gasteiger partial charge is 0.253 e. The van der Waals surface area contributed by atoms with Gasteiger partial charge in [0.05, 0.1) is 13.2 Å². The lowest BCUT2D eigenvalue weighted by atomic mass is 10.1. The van der Waals surface area contributed by atoms with Crippen LogP contribution in [0.3, 0.4) is 0 Å². The molecule has 1 aliphatic rings. The van der Waals surface area contributed by atoms with Crippen molar-refractivity contribution >= 4 is 11.6 Å². The first kappa shape index (κ1) is 12.9. The van der Waals surface area contributed by atoms with Crippen molar-refractivity contribution in [2.24, 2.45) is 0 Å². The lowest BCUT2D eigenvalue weighted by molar-refractivity contribution is 0.0827. The molecule has 1 saturated heterocycles. The summed E-state index contributed by atoms with van der Waals surface area (Å²) in [7, 11) is 3.55. The number of amides is 1. The number of nitrogens with zero attached hydrogens (tertiary/aromatic N) is 2. The molecule has 0 aliphatic carbocycles. The Morgan fingerprint density at radius 1 is 1.22 bits per heavy atom. The predicted octanol–water partition coefficient (Wildman–Crippen LogP) is 1.53. The highest BCUT2D eigenvalue weighted by Crippen LogP contribution is 2.20. The van der Waals surface area contributed by atoms with Crippen LogP contribution in [-0.4, -0.2) is 51.2 Å². The molecule has 0 atom stereocenters. The number of hydrogen-bond donors (Lipinski definition) is 0. The van der Waals surface area contributed by atoms with Gasteiger partial charge in [0.1, 0.15) is 0 Å². The number of carbonyl (C=O) groups excluding carboxylic acids is 1. The van der Waals surface area contributed by atoms with Crippen LogP contribution in [0.5, 0.6) is 0 Å². The van der Waals surface area contributed by atoms with Gasteiger partial charge in [-0.2, -0.15) is 0 Å². The summed E-state index contributed by atoms with van der Waals surface area (Å²) in [5.41, 5.74) is 2.98. The number of rotatable bonds is 2. The summed E-state index contributed by atoms with van der Waals surface area (Å²) in [6.45, 7) is 5.31. The topological polar surface area (TPSA) is 32.8 Å². The quantitative estimate of drug-likeness (QED) is 0.796. The summed E-state index contributed by atoms with van der Waals surface area (Å²) in [5, 5.41) is 0. The molecule has 98 valence electrons. The molecular formula is C14H20N2O2. The Bertz CT molecular complexity index is 437. The number of benzene rings is 1. The Kier molecular flexibility index (Phi) is 3.87. The standard InChI is InChI=1S/C14H20N2O2/c1-11-8-12(14(17)15(2)3)10-13(9-11)16-4-6-18-7-5-16/h8-10H,4-7H2,1-3H3. The second-order valence-corrected chi connectivity index (χ2v) is 4.86. The first-order valence-corrected chi connectivity index (χ1v) is 6.24. The van der Waals surface area contributed by atoms with Gasteiger partial charge < -0.3 is 14.5 Å². The van der Waals surface area contributed by atoms with Gasteiger partial charge in [-0.15, -0.1) is 0 Å². The highest BCUT2D eigenvalue weighted by Gasteiger charge is 2.15. The molecule has 0 N–H and O–H groups in total. The van der Waals surface area contributed by atoms with Gasteiger partial charge in [0.25, 0.3) is 5.91 Å². The molecule has 0 bridgehead atoms. The molecule has 4 nitrogen and oxygen atoms in total. The molecule has 0 aromatic heterocycles. The Hall–Kier alpha value is -1.55. The summed E-state index contributed by atoms with van der Waals surface area (Å²) in [5.74, 6) is 0.0493. The van der Waals surface area contributed by atoms with E-state index in [1.54, 1.807) is 19.0 Å². The highest BCUT2D eigenvalue weighted by atomic mass is 16.5. The van der Waals surface area contributed by atoms with Gasteiger partial charge in [-0.3, -0.25) is 4.79 Å². The van der Waals surface area contributed by atoms with E-state index < -0.39 is 0 Å². The average molecular weight is 248 g/mol. The molecule has 2 rings (SSSR count). The Morgan fingerprint density at radius 3 is 2.50 bits per heavy atom. The molecule has 1 aromatic carbocycles. The number of morpholine rings is 1. The van der Waals surface area contributed by atoms with Crippen molar-refractivity contribution in [2.45, 2.75) is 6.92 Å². The molecule has 1 aromatic rings. The van der Waals surface area contributed by atoms with Gasteiger partial charge in [0.2, 0.25) is 0 Å². The Labute approximate surface area is 108 Å². The fraction of sp³-hybridized carbons (Fsp3) is 0.500. The molecule has 1 heterocycles. The van der Waals surface area contributed by atoms with E-state index in [9.17, 15) is 4.79 Å². The van der Waals surface area contributed by atoms with Crippen LogP contribution in [0.4, 0.5) is 5.69 Å².